The first-order valence-corrected chi connectivity index (χ1v) is 10.5. The predicted octanol–water partition coefficient (Wildman–Crippen LogP) is 1.80. The van der Waals surface area contributed by atoms with Gasteiger partial charge in [0.05, 0.1) is 10.6 Å². The summed E-state index contributed by atoms with van der Waals surface area (Å²) in [6.45, 7) is 2.46. The molecular weight excluding hydrogens is 350 g/mol. The molecule has 8 heteroatoms. The second-order valence-corrected chi connectivity index (χ2v) is 8.87. The molecule has 0 bridgehead atoms. The van der Waals surface area contributed by atoms with Crippen LogP contribution < -0.4 is 4.57 Å². The highest BCUT2D eigenvalue weighted by atomic mass is 32.3. The van der Waals surface area contributed by atoms with Gasteiger partial charge in [-0.15, -0.1) is 3.63 Å². The van der Waals surface area contributed by atoms with E-state index in [2.05, 4.69) is 3.63 Å². The fraction of sp³-hybridized carbons (Fsp3) is 0.312. The summed E-state index contributed by atoms with van der Waals surface area (Å²) in [6.07, 6.45) is 4.68. The van der Waals surface area contributed by atoms with Crippen molar-refractivity contribution < 1.29 is 25.0 Å². The van der Waals surface area contributed by atoms with Crippen molar-refractivity contribution >= 4 is 20.2 Å². The standard InChI is InChI=1S/C16H20NO5S2/c1-15-7-9-16(10-8-15)24(20,21)22-23(18,19)14-6-5-13-17-11-3-2-4-12-17/h2-4,7-12H,5-6,13-14H2,1H3/q+1. The van der Waals surface area contributed by atoms with E-state index in [0.29, 0.717) is 19.4 Å². The third-order valence-corrected chi connectivity index (χ3v) is 6.53. The number of hydrogen-bond donors (Lipinski definition) is 0. The van der Waals surface area contributed by atoms with E-state index < -0.39 is 20.2 Å². The number of benzene rings is 1. The highest BCUT2D eigenvalue weighted by molar-refractivity contribution is 7.99. The van der Waals surface area contributed by atoms with E-state index in [0.717, 1.165) is 5.56 Å². The number of unbranched alkanes of at least 4 members (excludes halogenated alkanes) is 1. The molecule has 0 aliphatic carbocycles. The Morgan fingerprint density at radius 3 is 2.17 bits per heavy atom. The largest absolute Gasteiger partial charge is 0.311 e. The number of aromatic nitrogens is 1. The maximum atomic E-state index is 12.0. The number of rotatable bonds is 8. The van der Waals surface area contributed by atoms with E-state index in [1.165, 1.54) is 12.1 Å². The average molecular weight is 370 g/mol. The van der Waals surface area contributed by atoms with Crippen LogP contribution in [0.4, 0.5) is 0 Å². The molecule has 130 valence electrons. The Hall–Kier alpha value is -1.77. The number of hydrogen-bond acceptors (Lipinski definition) is 5. The first kappa shape index (κ1) is 18.6. The summed E-state index contributed by atoms with van der Waals surface area (Å²) < 4.78 is 54.2. The third kappa shape index (κ3) is 5.70. The smallest absolute Gasteiger partial charge is 0.205 e. The lowest BCUT2D eigenvalue weighted by Gasteiger charge is -2.06. The van der Waals surface area contributed by atoms with Gasteiger partial charge in [0, 0.05) is 18.6 Å². The van der Waals surface area contributed by atoms with Crippen molar-refractivity contribution in [3.8, 4) is 0 Å². The minimum absolute atomic E-state index is 0.170. The molecule has 0 aliphatic heterocycles. The van der Waals surface area contributed by atoms with Gasteiger partial charge in [0.1, 0.15) is 6.54 Å². The van der Waals surface area contributed by atoms with Crippen LogP contribution in [-0.2, 0) is 30.4 Å². The minimum Gasteiger partial charge on any atom is -0.205 e. The van der Waals surface area contributed by atoms with Gasteiger partial charge in [-0.05, 0) is 25.5 Å². The van der Waals surface area contributed by atoms with Crippen LogP contribution in [0.15, 0.2) is 59.8 Å². The first-order valence-electron chi connectivity index (χ1n) is 7.48. The molecule has 0 saturated carbocycles. The van der Waals surface area contributed by atoms with E-state index in [1.54, 1.807) is 19.1 Å². The van der Waals surface area contributed by atoms with Crippen LogP contribution in [0.5, 0.6) is 0 Å². The zero-order chi connectivity index (χ0) is 17.6. The quantitative estimate of drug-likeness (QED) is 0.523. The number of pyridine rings is 1. The molecule has 24 heavy (non-hydrogen) atoms. The van der Waals surface area contributed by atoms with Crippen LogP contribution in [0.3, 0.4) is 0 Å². The van der Waals surface area contributed by atoms with E-state index in [1.807, 2.05) is 35.2 Å². The maximum absolute atomic E-state index is 12.0. The van der Waals surface area contributed by atoms with Crippen LogP contribution in [0.1, 0.15) is 18.4 Å². The minimum atomic E-state index is -4.32. The summed E-state index contributed by atoms with van der Waals surface area (Å²) in [5, 5.41) is 0. The van der Waals surface area contributed by atoms with E-state index in [4.69, 9.17) is 0 Å². The summed E-state index contributed by atoms with van der Waals surface area (Å²) >= 11 is 0. The SMILES string of the molecule is Cc1ccc(S(=O)(=O)OS(=O)(=O)CCCC[n+]2ccccc2)cc1. The highest BCUT2D eigenvalue weighted by Crippen LogP contribution is 2.16. The average Bonchev–Trinajstić information content (AvgIpc) is 2.52. The predicted molar refractivity (Wildman–Crippen MR) is 89.1 cm³/mol. The molecule has 6 nitrogen and oxygen atoms in total. The maximum Gasteiger partial charge on any atom is 0.311 e. The van der Waals surface area contributed by atoms with Crippen molar-refractivity contribution in [1.82, 2.24) is 0 Å². The molecule has 0 fully saturated rings. The van der Waals surface area contributed by atoms with Gasteiger partial charge in [-0.3, -0.25) is 0 Å². The van der Waals surface area contributed by atoms with Crippen molar-refractivity contribution in [2.75, 3.05) is 5.75 Å². The molecule has 0 amide bonds. The van der Waals surface area contributed by atoms with Crippen LogP contribution >= 0.6 is 0 Å². The zero-order valence-electron chi connectivity index (χ0n) is 13.3. The molecule has 1 aromatic carbocycles. The van der Waals surface area contributed by atoms with Gasteiger partial charge >= 0.3 is 10.1 Å². The fourth-order valence-electron chi connectivity index (χ4n) is 2.07. The summed E-state index contributed by atoms with van der Waals surface area (Å²) in [7, 11) is -8.47. The Bertz CT molecular complexity index is 860. The second kappa shape index (κ2) is 7.87. The van der Waals surface area contributed by atoms with Crippen LogP contribution in [-0.4, -0.2) is 22.6 Å². The molecule has 1 heterocycles. The Balaban J connectivity index is 1.89. The lowest BCUT2D eigenvalue weighted by atomic mass is 10.2. The van der Waals surface area contributed by atoms with Gasteiger partial charge in [0.15, 0.2) is 12.4 Å². The van der Waals surface area contributed by atoms with Gasteiger partial charge in [-0.25, -0.2) is 4.57 Å². The summed E-state index contributed by atoms with van der Waals surface area (Å²) in [4.78, 5) is -0.170. The molecule has 0 atom stereocenters. The van der Waals surface area contributed by atoms with E-state index in [9.17, 15) is 16.8 Å². The summed E-state index contributed by atoms with van der Waals surface area (Å²) in [5.74, 6) is -0.342. The molecule has 0 unspecified atom stereocenters. The molecule has 0 aliphatic rings. The Morgan fingerprint density at radius 1 is 0.917 bits per heavy atom. The molecule has 2 aromatic rings. The van der Waals surface area contributed by atoms with Crippen LogP contribution in [0.25, 0.3) is 0 Å². The molecule has 0 N–H and O–H groups in total. The van der Waals surface area contributed by atoms with Crippen molar-refractivity contribution in [1.29, 1.82) is 0 Å². The van der Waals surface area contributed by atoms with Gasteiger partial charge in [-0.1, -0.05) is 23.8 Å². The summed E-state index contributed by atoms with van der Waals surface area (Å²) in [6, 6.07) is 11.5. The third-order valence-electron chi connectivity index (χ3n) is 3.34. The molecule has 0 spiro atoms. The van der Waals surface area contributed by atoms with E-state index >= 15 is 0 Å². The Labute approximate surface area is 143 Å². The van der Waals surface area contributed by atoms with Gasteiger partial charge in [-0.2, -0.15) is 16.8 Å². The topological polar surface area (TPSA) is 81.4 Å². The van der Waals surface area contributed by atoms with Gasteiger partial charge in [0.2, 0.25) is 0 Å². The number of aryl methyl sites for hydroxylation is 2. The Kier molecular flexibility index (Phi) is 6.09. The lowest BCUT2D eigenvalue weighted by Crippen LogP contribution is -2.32. The van der Waals surface area contributed by atoms with Gasteiger partial charge in [0.25, 0.3) is 10.1 Å². The lowest BCUT2D eigenvalue weighted by molar-refractivity contribution is -0.697. The van der Waals surface area contributed by atoms with Crippen molar-refractivity contribution in [3.05, 3.63) is 60.4 Å². The van der Waals surface area contributed by atoms with E-state index in [-0.39, 0.29) is 10.6 Å². The first-order chi connectivity index (χ1) is 11.3. The highest BCUT2D eigenvalue weighted by Gasteiger charge is 2.24. The van der Waals surface area contributed by atoms with Crippen molar-refractivity contribution in [2.45, 2.75) is 31.2 Å². The Morgan fingerprint density at radius 2 is 1.54 bits per heavy atom. The number of nitrogens with zero attached hydrogens (tertiary/aromatic N) is 1. The molecule has 2 rings (SSSR count). The molecule has 1 aromatic heterocycles. The molecule has 0 saturated heterocycles. The zero-order valence-corrected chi connectivity index (χ0v) is 15.0. The van der Waals surface area contributed by atoms with Crippen molar-refractivity contribution in [2.24, 2.45) is 0 Å². The second-order valence-electron chi connectivity index (χ2n) is 5.42. The van der Waals surface area contributed by atoms with Crippen molar-refractivity contribution in [3.63, 3.8) is 0 Å². The monoisotopic (exact) mass is 370 g/mol. The molecule has 0 radical (unpaired) electrons. The fourth-order valence-corrected chi connectivity index (χ4v) is 4.78. The van der Waals surface area contributed by atoms with Gasteiger partial charge < -0.3 is 0 Å². The van der Waals surface area contributed by atoms with Crippen LogP contribution in [0.2, 0.25) is 0 Å². The van der Waals surface area contributed by atoms with Crippen LogP contribution in [0, 0.1) is 6.92 Å². The molecular formula is C16H20NO5S2+. The normalized spacial score (nSPS) is 12.2. The summed E-state index contributed by atoms with van der Waals surface area (Å²) in [5.41, 5.74) is 0.871.